The number of hydrogen-bond acceptors (Lipinski definition) is 6. The number of amides is 1. The van der Waals surface area contributed by atoms with Crippen molar-refractivity contribution in [1.29, 1.82) is 0 Å². The van der Waals surface area contributed by atoms with Crippen LogP contribution in [0.5, 0.6) is 5.75 Å². The second kappa shape index (κ2) is 12.8. The van der Waals surface area contributed by atoms with Crippen molar-refractivity contribution in [1.82, 2.24) is 15.0 Å². The number of aromatic nitrogens is 2. The summed E-state index contributed by atoms with van der Waals surface area (Å²) in [5, 5.41) is 6.51. The van der Waals surface area contributed by atoms with E-state index in [9.17, 15) is 18.0 Å². The lowest BCUT2D eigenvalue weighted by Crippen LogP contribution is -2.32. The highest BCUT2D eigenvalue weighted by Gasteiger charge is 2.21. The smallest absolute Gasteiger partial charge is 0.319 e. The third-order valence-corrected chi connectivity index (χ3v) is 5.56. The molecule has 0 saturated carbocycles. The fourth-order valence-corrected chi connectivity index (χ4v) is 3.65. The van der Waals surface area contributed by atoms with Crippen LogP contribution >= 0.6 is 11.6 Å². The maximum atomic E-state index is 13.7. The molecule has 2 aromatic carbocycles. The minimum atomic E-state index is -2.92. The topological polar surface area (TPSA) is 133 Å². The van der Waals surface area contributed by atoms with Crippen LogP contribution in [0.2, 0.25) is 5.02 Å². The molecule has 0 aliphatic heterocycles. The van der Waals surface area contributed by atoms with Gasteiger partial charge in [0.25, 0.3) is 5.91 Å². The number of nitrogens with two attached hydrogens (primary N) is 2. The number of carbonyl (C=O) groups excluding carboxylic acids is 1. The summed E-state index contributed by atoms with van der Waals surface area (Å²) in [4.78, 5) is 17.0. The van der Waals surface area contributed by atoms with Gasteiger partial charge in [-0.1, -0.05) is 31.5 Å². The molecule has 0 bridgehead atoms. The zero-order valence-corrected chi connectivity index (χ0v) is 21.1. The number of ether oxygens (including phenoxy) is 1. The van der Waals surface area contributed by atoms with Gasteiger partial charge in [0, 0.05) is 29.0 Å². The Morgan fingerprint density at radius 1 is 1.18 bits per heavy atom. The molecule has 0 fully saturated rings. The number of amidine groups is 1. The predicted octanol–water partition coefficient (Wildman–Crippen LogP) is 5.17. The minimum Gasteiger partial charge on any atom is -0.489 e. The number of benzene rings is 2. The van der Waals surface area contributed by atoms with Gasteiger partial charge in [-0.05, 0) is 42.5 Å². The molecule has 38 heavy (non-hydrogen) atoms. The first kappa shape index (κ1) is 28.3. The van der Waals surface area contributed by atoms with Gasteiger partial charge in [-0.3, -0.25) is 14.3 Å². The van der Waals surface area contributed by atoms with Crippen LogP contribution in [0.1, 0.15) is 42.0 Å². The van der Waals surface area contributed by atoms with E-state index in [1.807, 2.05) is 13.8 Å². The average molecular weight is 548 g/mol. The maximum absolute atomic E-state index is 13.7. The number of hydrazone groups is 1. The predicted molar refractivity (Wildman–Crippen MR) is 141 cm³/mol. The summed E-state index contributed by atoms with van der Waals surface area (Å²) in [5.41, 5.74) is 3.39. The number of carbonyl (C=O) groups is 1. The zero-order valence-electron chi connectivity index (χ0n) is 20.4. The fourth-order valence-electron chi connectivity index (χ4n) is 3.43. The van der Waals surface area contributed by atoms with E-state index in [1.54, 1.807) is 24.3 Å². The van der Waals surface area contributed by atoms with E-state index in [4.69, 9.17) is 28.0 Å². The Morgan fingerprint density at radius 3 is 2.50 bits per heavy atom. The molecule has 0 atom stereocenters. The van der Waals surface area contributed by atoms with Crippen molar-refractivity contribution in [2.45, 2.75) is 27.0 Å². The number of halogens is 4. The van der Waals surface area contributed by atoms with E-state index < -0.39 is 18.3 Å². The average Bonchev–Trinajstić information content (AvgIpc) is 3.30. The molecule has 4 rings (SSSR count). The summed E-state index contributed by atoms with van der Waals surface area (Å²) in [6.45, 7) is 1.20. The summed E-state index contributed by atoms with van der Waals surface area (Å²) < 4.78 is 46.8. The lowest BCUT2D eigenvalue weighted by Gasteiger charge is -2.09. The normalized spacial score (nSPS) is 11.2. The third-order valence-electron chi connectivity index (χ3n) is 5.20. The van der Waals surface area contributed by atoms with Gasteiger partial charge in [-0.15, -0.1) is 0 Å². The largest absolute Gasteiger partial charge is 0.489 e. The van der Waals surface area contributed by atoms with Crippen molar-refractivity contribution in [3.8, 4) is 5.75 Å². The molecule has 0 aliphatic rings. The number of nitrogens with one attached hydrogen (secondary N) is 2. The quantitative estimate of drug-likeness (QED) is 0.109. The van der Waals surface area contributed by atoms with E-state index in [1.165, 1.54) is 30.5 Å². The second-order valence-electron chi connectivity index (χ2n) is 7.44. The van der Waals surface area contributed by atoms with Gasteiger partial charge in [-0.25, -0.2) is 10.2 Å². The first-order valence-electron chi connectivity index (χ1n) is 11.3. The van der Waals surface area contributed by atoms with Gasteiger partial charge < -0.3 is 21.3 Å². The molecule has 0 aliphatic carbocycles. The van der Waals surface area contributed by atoms with E-state index in [-0.39, 0.29) is 39.6 Å². The molecule has 0 unspecified atom stereocenters. The molecule has 2 aromatic heterocycles. The molecule has 2 heterocycles. The second-order valence-corrected chi connectivity index (χ2v) is 7.85. The highest BCUT2D eigenvalue weighted by Crippen LogP contribution is 2.28. The summed E-state index contributed by atoms with van der Waals surface area (Å²) in [7, 11) is 0. The molecule has 200 valence electrons. The van der Waals surface area contributed by atoms with Gasteiger partial charge in [0.1, 0.15) is 23.9 Å². The highest BCUT2D eigenvalue weighted by molar-refractivity contribution is 6.31. The Bertz CT molecular complexity index is 1440. The molecule has 1 amide bonds. The lowest BCUT2D eigenvalue weighted by molar-refractivity contribution is 0.0750. The SMILES string of the molecule is CC.N/N=C(\NN)c1cc2c(cn1)c(C(=O)Nc1ccc(OCc3ccc(F)cc3Cl)cc1)cn2C(F)F. The van der Waals surface area contributed by atoms with Gasteiger partial charge in [0.05, 0.1) is 16.1 Å². The molecule has 0 radical (unpaired) electrons. The van der Waals surface area contributed by atoms with Crippen LogP contribution in [0.4, 0.5) is 18.9 Å². The van der Waals surface area contributed by atoms with Crippen LogP contribution in [-0.4, -0.2) is 21.3 Å². The van der Waals surface area contributed by atoms with Gasteiger partial charge in [-0.2, -0.15) is 13.9 Å². The molecule has 9 nitrogen and oxygen atoms in total. The van der Waals surface area contributed by atoms with E-state index >= 15 is 0 Å². The number of fused-ring (bicyclic) bond motifs is 1. The fraction of sp³-hybridized carbons (Fsp3) is 0.160. The van der Waals surface area contributed by atoms with Crippen molar-refractivity contribution in [3.63, 3.8) is 0 Å². The van der Waals surface area contributed by atoms with Crippen molar-refractivity contribution in [2.24, 2.45) is 16.8 Å². The summed E-state index contributed by atoms with van der Waals surface area (Å²) in [6.07, 6.45) is 2.30. The number of rotatable bonds is 7. The maximum Gasteiger partial charge on any atom is 0.319 e. The first-order chi connectivity index (χ1) is 18.3. The van der Waals surface area contributed by atoms with Gasteiger partial charge in [0.2, 0.25) is 0 Å². The van der Waals surface area contributed by atoms with Crippen molar-refractivity contribution >= 4 is 39.9 Å². The zero-order chi connectivity index (χ0) is 27.8. The molecular weight excluding hydrogens is 523 g/mol. The monoisotopic (exact) mass is 547 g/mol. The number of anilines is 1. The van der Waals surface area contributed by atoms with E-state index in [0.29, 0.717) is 21.6 Å². The Balaban J connectivity index is 0.00000195. The number of pyridine rings is 1. The Kier molecular flexibility index (Phi) is 9.52. The van der Waals surface area contributed by atoms with E-state index in [0.717, 1.165) is 6.20 Å². The summed E-state index contributed by atoms with van der Waals surface area (Å²) in [6, 6.07) is 11.7. The number of nitrogens with zero attached hydrogens (tertiary/aromatic N) is 3. The molecular formula is C25H25ClF3N7O2. The van der Waals surface area contributed by atoms with Crippen molar-refractivity contribution < 1.29 is 22.7 Å². The van der Waals surface area contributed by atoms with Crippen molar-refractivity contribution in [2.75, 3.05) is 5.32 Å². The standard InChI is InChI=1S/C23H19ClF3N7O2.C2H6/c24-18-7-13(25)2-1-12(18)11-36-15-5-3-14(4-6-15)31-22(35)17-10-34(23(26)27)20-8-19(21(32-28)33-29)30-9-16(17)20;1-2/h1-10,23H,11,28-29H2,(H,31,35)(H,32,33);1-2H3. The number of hydrazine groups is 1. The van der Waals surface area contributed by atoms with Crippen LogP contribution in [-0.2, 0) is 6.61 Å². The van der Waals surface area contributed by atoms with Crippen LogP contribution < -0.4 is 27.2 Å². The first-order valence-corrected chi connectivity index (χ1v) is 11.7. The lowest BCUT2D eigenvalue weighted by atomic mass is 10.2. The molecule has 13 heteroatoms. The van der Waals surface area contributed by atoms with Crippen LogP contribution in [0.15, 0.2) is 66.0 Å². The summed E-state index contributed by atoms with van der Waals surface area (Å²) >= 11 is 6.00. The van der Waals surface area contributed by atoms with Gasteiger partial charge >= 0.3 is 6.55 Å². The van der Waals surface area contributed by atoms with Crippen LogP contribution in [0.25, 0.3) is 10.9 Å². The van der Waals surface area contributed by atoms with Crippen molar-refractivity contribution in [3.05, 3.63) is 88.6 Å². The number of hydrogen-bond donors (Lipinski definition) is 4. The van der Waals surface area contributed by atoms with Gasteiger partial charge in [0.15, 0.2) is 5.84 Å². The van der Waals surface area contributed by atoms with Crippen LogP contribution in [0.3, 0.4) is 0 Å². The van der Waals surface area contributed by atoms with E-state index in [2.05, 4.69) is 20.8 Å². The molecule has 4 aromatic rings. The number of alkyl halides is 2. The molecule has 0 saturated heterocycles. The Hall–Kier alpha value is -4.29. The molecule has 6 N–H and O–H groups in total. The highest BCUT2D eigenvalue weighted by atomic mass is 35.5. The summed E-state index contributed by atoms with van der Waals surface area (Å²) in [5.74, 6) is 9.94. The minimum absolute atomic E-state index is 0.0115. The Morgan fingerprint density at radius 2 is 1.89 bits per heavy atom. The Labute approximate surface area is 221 Å². The third kappa shape index (κ3) is 6.33. The van der Waals surface area contributed by atoms with Crippen LogP contribution in [0, 0.1) is 5.82 Å². The molecule has 0 spiro atoms.